The van der Waals surface area contributed by atoms with E-state index in [1.54, 1.807) is 12.1 Å². The van der Waals surface area contributed by atoms with Crippen molar-refractivity contribution >= 4 is 5.91 Å². The number of rotatable bonds is 5. The number of fused-ring (bicyclic) bond motifs is 1. The molecule has 0 bridgehead atoms. The normalized spacial score (nSPS) is 14.6. The van der Waals surface area contributed by atoms with E-state index in [2.05, 4.69) is 11.4 Å². The summed E-state index contributed by atoms with van der Waals surface area (Å²) >= 11 is 0. The number of hydrogen-bond donors (Lipinski definition) is 1. The monoisotopic (exact) mass is 342 g/mol. The number of halogens is 1. The van der Waals surface area contributed by atoms with Gasteiger partial charge in [0, 0.05) is 6.54 Å². The molecule has 1 amide bonds. The van der Waals surface area contributed by atoms with Crippen LogP contribution in [0.1, 0.15) is 29.2 Å². The second-order valence-electron chi connectivity index (χ2n) is 6.53. The highest BCUT2D eigenvalue weighted by Crippen LogP contribution is 2.25. The highest BCUT2D eigenvalue weighted by atomic mass is 19.1. The fourth-order valence-electron chi connectivity index (χ4n) is 3.14. The number of nitrogens with zero attached hydrogens (tertiary/aromatic N) is 1. The van der Waals surface area contributed by atoms with Crippen LogP contribution in [0.15, 0.2) is 42.5 Å². The van der Waals surface area contributed by atoms with Crippen LogP contribution in [0.2, 0.25) is 0 Å². The molecule has 1 aliphatic rings. The third kappa shape index (κ3) is 4.17. The lowest BCUT2D eigenvalue weighted by Gasteiger charge is -2.24. The number of benzene rings is 2. The summed E-state index contributed by atoms with van der Waals surface area (Å²) in [5, 5.41) is 2.99. The maximum absolute atomic E-state index is 13.1. The smallest absolute Gasteiger partial charge is 0.242 e. The number of carbonyl (C=O) groups is 1. The average molecular weight is 342 g/mol. The second-order valence-corrected chi connectivity index (χ2v) is 6.53. The zero-order chi connectivity index (χ0) is 17.8. The summed E-state index contributed by atoms with van der Waals surface area (Å²) in [6, 6.07) is 11.6. The third-order valence-electron chi connectivity index (χ3n) is 4.39. The minimum atomic E-state index is -0.457. The summed E-state index contributed by atoms with van der Waals surface area (Å²) in [6.07, 6.45) is 2.03. The number of carbonyl (C=O) groups excluding carboxylic acids is 1. The standard InChI is InChI=1S/C20H23FN2O2/c1-23(2)19(15-6-8-17(21)9-7-15)20(24)22-13-14-5-10-18-16(12-14)4-3-11-25-18/h5-10,12,19H,3-4,11,13H2,1-2H3,(H,22,24)/t19-/m0/s1. The number of likely N-dealkylation sites (N-methyl/N-ethyl adjacent to an activating group) is 1. The van der Waals surface area contributed by atoms with Crippen LogP contribution in [0.5, 0.6) is 5.75 Å². The average Bonchev–Trinajstić information content (AvgIpc) is 2.61. The molecule has 0 unspecified atom stereocenters. The lowest BCUT2D eigenvalue weighted by Crippen LogP contribution is -2.36. The van der Waals surface area contributed by atoms with Gasteiger partial charge in [-0.3, -0.25) is 9.69 Å². The Morgan fingerprint density at radius 3 is 2.72 bits per heavy atom. The largest absolute Gasteiger partial charge is 0.493 e. The van der Waals surface area contributed by atoms with Crippen LogP contribution in [0.4, 0.5) is 4.39 Å². The van der Waals surface area contributed by atoms with Crippen molar-refractivity contribution in [3.63, 3.8) is 0 Å². The summed E-state index contributed by atoms with van der Waals surface area (Å²) < 4.78 is 18.8. The van der Waals surface area contributed by atoms with Crippen LogP contribution in [0.3, 0.4) is 0 Å². The molecule has 2 aromatic carbocycles. The molecule has 1 atom stereocenters. The number of ether oxygens (including phenoxy) is 1. The van der Waals surface area contributed by atoms with Crippen LogP contribution in [-0.2, 0) is 17.8 Å². The molecular formula is C20H23FN2O2. The first-order valence-electron chi connectivity index (χ1n) is 8.49. The van der Waals surface area contributed by atoms with Gasteiger partial charge in [0.05, 0.1) is 6.61 Å². The molecule has 3 rings (SSSR count). The van der Waals surface area contributed by atoms with Crippen molar-refractivity contribution in [2.45, 2.75) is 25.4 Å². The van der Waals surface area contributed by atoms with Gasteiger partial charge >= 0.3 is 0 Å². The van der Waals surface area contributed by atoms with Crippen molar-refractivity contribution < 1.29 is 13.9 Å². The van der Waals surface area contributed by atoms with Gasteiger partial charge in [-0.2, -0.15) is 0 Å². The Bertz CT molecular complexity index is 744. The molecule has 0 fully saturated rings. The number of amides is 1. The number of hydrogen-bond acceptors (Lipinski definition) is 3. The molecule has 0 aliphatic carbocycles. The first-order valence-corrected chi connectivity index (χ1v) is 8.49. The van der Waals surface area contributed by atoms with Crippen molar-refractivity contribution in [1.82, 2.24) is 10.2 Å². The van der Waals surface area contributed by atoms with E-state index in [0.29, 0.717) is 6.54 Å². The predicted molar refractivity (Wildman–Crippen MR) is 94.9 cm³/mol. The van der Waals surface area contributed by atoms with Crippen molar-refractivity contribution in [1.29, 1.82) is 0 Å². The van der Waals surface area contributed by atoms with Gasteiger partial charge in [0.2, 0.25) is 5.91 Å². The van der Waals surface area contributed by atoms with Crippen LogP contribution < -0.4 is 10.1 Å². The molecule has 1 N–H and O–H groups in total. The molecular weight excluding hydrogens is 319 g/mol. The fourth-order valence-corrected chi connectivity index (χ4v) is 3.14. The van der Waals surface area contributed by atoms with E-state index in [0.717, 1.165) is 36.3 Å². The van der Waals surface area contributed by atoms with Crippen LogP contribution in [0, 0.1) is 5.82 Å². The molecule has 0 aromatic heterocycles. The van der Waals surface area contributed by atoms with E-state index in [-0.39, 0.29) is 11.7 Å². The molecule has 4 nitrogen and oxygen atoms in total. The van der Waals surface area contributed by atoms with Gasteiger partial charge in [0.15, 0.2) is 0 Å². The van der Waals surface area contributed by atoms with Crippen molar-refractivity contribution in [2.24, 2.45) is 0 Å². The molecule has 0 spiro atoms. The number of aryl methyl sites for hydroxylation is 1. The van der Waals surface area contributed by atoms with E-state index >= 15 is 0 Å². The minimum Gasteiger partial charge on any atom is -0.493 e. The summed E-state index contributed by atoms with van der Waals surface area (Å²) in [7, 11) is 3.67. The summed E-state index contributed by atoms with van der Waals surface area (Å²) in [5.74, 6) is 0.530. The highest BCUT2D eigenvalue weighted by molar-refractivity contribution is 5.83. The SMILES string of the molecule is CN(C)[C@H](C(=O)NCc1ccc2c(c1)CCCO2)c1ccc(F)cc1. The molecule has 25 heavy (non-hydrogen) atoms. The van der Waals surface area contributed by atoms with Crippen LogP contribution in [0.25, 0.3) is 0 Å². The Balaban J connectivity index is 1.68. The predicted octanol–water partition coefficient (Wildman–Crippen LogP) is 3.07. The van der Waals surface area contributed by atoms with Gasteiger partial charge in [-0.15, -0.1) is 0 Å². The Morgan fingerprint density at radius 1 is 1.24 bits per heavy atom. The third-order valence-corrected chi connectivity index (χ3v) is 4.39. The molecule has 132 valence electrons. The Labute approximate surface area is 147 Å². The van der Waals surface area contributed by atoms with Gasteiger partial charge in [-0.05, 0) is 61.8 Å². The molecule has 0 saturated heterocycles. The van der Waals surface area contributed by atoms with Gasteiger partial charge in [-0.1, -0.05) is 24.3 Å². The lowest BCUT2D eigenvalue weighted by atomic mass is 10.0. The summed E-state index contributed by atoms with van der Waals surface area (Å²) in [5.41, 5.74) is 3.01. The fraction of sp³-hybridized carbons (Fsp3) is 0.350. The molecule has 0 saturated carbocycles. The first-order chi connectivity index (χ1) is 12.0. The minimum absolute atomic E-state index is 0.106. The maximum Gasteiger partial charge on any atom is 0.242 e. The maximum atomic E-state index is 13.1. The zero-order valence-electron chi connectivity index (χ0n) is 14.6. The quantitative estimate of drug-likeness (QED) is 0.908. The van der Waals surface area contributed by atoms with Crippen molar-refractivity contribution in [3.05, 3.63) is 65.0 Å². The van der Waals surface area contributed by atoms with E-state index in [4.69, 9.17) is 4.74 Å². The van der Waals surface area contributed by atoms with Crippen LogP contribution >= 0.6 is 0 Å². The van der Waals surface area contributed by atoms with E-state index in [9.17, 15) is 9.18 Å². The van der Waals surface area contributed by atoms with E-state index in [1.165, 1.54) is 17.7 Å². The van der Waals surface area contributed by atoms with Crippen molar-refractivity contribution in [2.75, 3.05) is 20.7 Å². The Hall–Kier alpha value is -2.40. The Morgan fingerprint density at radius 2 is 2.00 bits per heavy atom. The second kappa shape index (κ2) is 7.66. The van der Waals surface area contributed by atoms with E-state index < -0.39 is 6.04 Å². The zero-order valence-corrected chi connectivity index (χ0v) is 14.6. The Kier molecular flexibility index (Phi) is 5.34. The first kappa shape index (κ1) is 17.4. The molecule has 5 heteroatoms. The van der Waals surface area contributed by atoms with E-state index in [1.807, 2.05) is 31.1 Å². The lowest BCUT2D eigenvalue weighted by molar-refractivity contribution is -0.125. The van der Waals surface area contributed by atoms with Crippen molar-refractivity contribution in [3.8, 4) is 5.75 Å². The van der Waals surface area contributed by atoms with Gasteiger partial charge in [-0.25, -0.2) is 4.39 Å². The molecule has 1 heterocycles. The van der Waals surface area contributed by atoms with Gasteiger partial charge in [0.25, 0.3) is 0 Å². The molecule has 1 aliphatic heterocycles. The number of nitrogens with one attached hydrogen (secondary N) is 1. The topological polar surface area (TPSA) is 41.6 Å². The highest BCUT2D eigenvalue weighted by Gasteiger charge is 2.22. The van der Waals surface area contributed by atoms with Gasteiger partial charge in [0.1, 0.15) is 17.6 Å². The molecule has 2 aromatic rings. The summed E-state index contributed by atoms with van der Waals surface area (Å²) in [4.78, 5) is 14.5. The van der Waals surface area contributed by atoms with Crippen LogP contribution in [-0.4, -0.2) is 31.5 Å². The van der Waals surface area contributed by atoms with Gasteiger partial charge < -0.3 is 10.1 Å². The summed E-state index contributed by atoms with van der Waals surface area (Å²) in [6.45, 7) is 1.23. The molecule has 0 radical (unpaired) electrons.